The van der Waals surface area contributed by atoms with E-state index in [1.54, 1.807) is 12.1 Å². The second-order valence-corrected chi connectivity index (χ2v) is 10.9. The first-order valence-electron chi connectivity index (χ1n) is 9.74. The van der Waals surface area contributed by atoms with E-state index in [2.05, 4.69) is 28.2 Å². The van der Waals surface area contributed by atoms with E-state index in [1.807, 2.05) is 4.90 Å². The quantitative estimate of drug-likeness (QED) is 0.686. The monoisotopic (exact) mass is 491 g/mol. The van der Waals surface area contributed by atoms with Crippen molar-refractivity contribution in [2.75, 3.05) is 32.7 Å². The summed E-state index contributed by atoms with van der Waals surface area (Å²) < 4.78 is 27.9. The maximum Gasteiger partial charge on any atom is 0.244 e. The van der Waals surface area contributed by atoms with Crippen LogP contribution in [0.25, 0.3) is 0 Å². The van der Waals surface area contributed by atoms with Gasteiger partial charge in [0.15, 0.2) is 0 Å². The van der Waals surface area contributed by atoms with Crippen LogP contribution in [0.5, 0.6) is 0 Å². The standard InChI is InChI=1S/C19H27BrClN3O3S/c1-14-4-2-3-5-17(14)22-19(25)13-23-8-10-24(11-9-23)28(26,27)18-7-6-15(20)12-16(18)21/h6-7,12,14,17H,2-5,8-11,13H2,1H3,(H,22,25)/t14-,17+/m1/s1. The zero-order valence-corrected chi connectivity index (χ0v) is 19.2. The number of amides is 1. The van der Waals surface area contributed by atoms with Crippen LogP contribution in [-0.4, -0.2) is 62.3 Å². The van der Waals surface area contributed by atoms with E-state index in [-0.39, 0.29) is 21.9 Å². The molecule has 3 rings (SSSR count). The minimum Gasteiger partial charge on any atom is -0.352 e. The van der Waals surface area contributed by atoms with Crippen molar-refractivity contribution < 1.29 is 13.2 Å². The van der Waals surface area contributed by atoms with Crippen LogP contribution < -0.4 is 5.32 Å². The topological polar surface area (TPSA) is 69.7 Å². The predicted octanol–water partition coefficient (Wildman–Crippen LogP) is 3.10. The van der Waals surface area contributed by atoms with Crippen molar-refractivity contribution in [1.82, 2.24) is 14.5 Å². The zero-order chi connectivity index (χ0) is 20.3. The Morgan fingerprint density at radius 3 is 2.54 bits per heavy atom. The SMILES string of the molecule is C[C@@H]1CCCC[C@@H]1NC(=O)CN1CCN(S(=O)(=O)c2ccc(Br)cc2Cl)CC1. The summed E-state index contributed by atoms with van der Waals surface area (Å²) in [6.07, 6.45) is 4.63. The summed E-state index contributed by atoms with van der Waals surface area (Å²) in [4.78, 5) is 14.5. The highest BCUT2D eigenvalue weighted by atomic mass is 79.9. The van der Waals surface area contributed by atoms with Crippen LogP contribution in [-0.2, 0) is 14.8 Å². The Bertz CT molecular complexity index is 813. The van der Waals surface area contributed by atoms with Gasteiger partial charge in [0.2, 0.25) is 15.9 Å². The maximum absolute atomic E-state index is 12.9. The molecule has 9 heteroatoms. The van der Waals surface area contributed by atoms with E-state index < -0.39 is 10.0 Å². The minimum atomic E-state index is -3.64. The van der Waals surface area contributed by atoms with Gasteiger partial charge in [-0.2, -0.15) is 4.31 Å². The number of rotatable bonds is 5. The fourth-order valence-electron chi connectivity index (χ4n) is 3.94. The number of carbonyl (C=O) groups is 1. The first-order valence-corrected chi connectivity index (χ1v) is 12.4. The predicted molar refractivity (Wildman–Crippen MR) is 114 cm³/mol. The van der Waals surface area contributed by atoms with Gasteiger partial charge in [-0.3, -0.25) is 9.69 Å². The molecule has 1 saturated carbocycles. The normalized spacial score (nSPS) is 24.8. The van der Waals surface area contributed by atoms with Gasteiger partial charge in [0.05, 0.1) is 11.6 Å². The lowest BCUT2D eigenvalue weighted by atomic mass is 9.86. The molecular weight excluding hydrogens is 466 g/mol. The number of carbonyl (C=O) groups excluding carboxylic acids is 1. The lowest BCUT2D eigenvalue weighted by Crippen LogP contribution is -2.52. The molecule has 1 saturated heterocycles. The van der Waals surface area contributed by atoms with Crippen molar-refractivity contribution in [1.29, 1.82) is 0 Å². The first-order chi connectivity index (χ1) is 13.3. The molecule has 0 aromatic heterocycles. The van der Waals surface area contributed by atoms with Crippen molar-refractivity contribution in [3.63, 3.8) is 0 Å². The van der Waals surface area contributed by atoms with Crippen molar-refractivity contribution in [3.05, 3.63) is 27.7 Å². The van der Waals surface area contributed by atoms with Gasteiger partial charge in [0.25, 0.3) is 0 Å². The van der Waals surface area contributed by atoms with Crippen LogP contribution in [0.4, 0.5) is 0 Å². The molecule has 1 aliphatic carbocycles. The van der Waals surface area contributed by atoms with Gasteiger partial charge < -0.3 is 5.32 Å². The summed E-state index contributed by atoms with van der Waals surface area (Å²) in [7, 11) is -3.64. The van der Waals surface area contributed by atoms with Gasteiger partial charge in [-0.1, -0.05) is 47.3 Å². The highest BCUT2D eigenvalue weighted by molar-refractivity contribution is 9.10. The highest BCUT2D eigenvalue weighted by Gasteiger charge is 2.31. The minimum absolute atomic E-state index is 0.0333. The van der Waals surface area contributed by atoms with E-state index in [9.17, 15) is 13.2 Å². The summed E-state index contributed by atoms with van der Waals surface area (Å²) in [5.41, 5.74) is 0. The summed E-state index contributed by atoms with van der Waals surface area (Å²) in [5, 5.41) is 3.37. The number of nitrogens with zero attached hydrogens (tertiary/aromatic N) is 2. The van der Waals surface area contributed by atoms with Crippen molar-refractivity contribution in [2.45, 2.75) is 43.5 Å². The molecule has 2 atom stereocenters. The third-order valence-electron chi connectivity index (χ3n) is 5.67. The largest absolute Gasteiger partial charge is 0.352 e. The van der Waals surface area contributed by atoms with Crippen molar-refractivity contribution in [3.8, 4) is 0 Å². The lowest BCUT2D eigenvalue weighted by molar-refractivity contribution is -0.123. The lowest BCUT2D eigenvalue weighted by Gasteiger charge is -2.35. The molecule has 0 spiro atoms. The van der Waals surface area contributed by atoms with Crippen LogP contribution in [0.3, 0.4) is 0 Å². The fraction of sp³-hybridized carbons (Fsp3) is 0.632. The molecule has 156 valence electrons. The molecule has 0 bridgehead atoms. The van der Waals surface area contributed by atoms with Gasteiger partial charge in [-0.15, -0.1) is 0 Å². The number of halogens is 2. The average Bonchev–Trinajstić information content (AvgIpc) is 2.64. The van der Waals surface area contributed by atoms with Crippen LogP contribution in [0.15, 0.2) is 27.6 Å². The molecule has 1 amide bonds. The fourth-order valence-corrected chi connectivity index (χ4v) is 6.37. The molecule has 1 heterocycles. The van der Waals surface area contributed by atoms with Gasteiger partial charge in [-0.25, -0.2) is 8.42 Å². The van der Waals surface area contributed by atoms with E-state index in [0.29, 0.717) is 38.6 Å². The highest BCUT2D eigenvalue weighted by Crippen LogP contribution is 2.28. The van der Waals surface area contributed by atoms with Crippen LogP contribution >= 0.6 is 27.5 Å². The maximum atomic E-state index is 12.9. The van der Waals surface area contributed by atoms with E-state index in [4.69, 9.17) is 11.6 Å². The number of piperazine rings is 1. The van der Waals surface area contributed by atoms with Gasteiger partial charge in [-0.05, 0) is 37.0 Å². The Kier molecular flexibility index (Phi) is 7.42. The Hall–Kier alpha value is -0.670. The molecule has 28 heavy (non-hydrogen) atoms. The molecule has 1 aromatic rings. The van der Waals surface area contributed by atoms with E-state index >= 15 is 0 Å². The van der Waals surface area contributed by atoms with E-state index in [1.165, 1.54) is 29.6 Å². The van der Waals surface area contributed by atoms with Gasteiger partial charge in [0, 0.05) is 36.7 Å². The summed E-state index contributed by atoms with van der Waals surface area (Å²) >= 11 is 9.43. The van der Waals surface area contributed by atoms with Crippen LogP contribution in [0, 0.1) is 5.92 Å². The van der Waals surface area contributed by atoms with Gasteiger partial charge in [0.1, 0.15) is 4.90 Å². The molecule has 1 aliphatic heterocycles. The third-order valence-corrected chi connectivity index (χ3v) is 8.54. The third kappa shape index (κ3) is 5.27. The Morgan fingerprint density at radius 2 is 1.89 bits per heavy atom. The number of nitrogens with one attached hydrogen (secondary N) is 1. The second-order valence-electron chi connectivity index (χ2n) is 7.69. The Morgan fingerprint density at radius 1 is 1.21 bits per heavy atom. The summed E-state index contributed by atoms with van der Waals surface area (Å²) in [5.74, 6) is 0.557. The zero-order valence-electron chi connectivity index (χ0n) is 16.0. The Balaban J connectivity index is 1.53. The average molecular weight is 493 g/mol. The number of hydrogen-bond acceptors (Lipinski definition) is 4. The molecule has 6 nitrogen and oxygen atoms in total. The van der Waals surface area contributed by atoms with E-state index in [0.717, 1.165) is 10.9 Å². The molecule has 1 aromatic carbocycles. The summed E-state index contributed by atoms with van der Waals surface area (Å²) in [6, 6.07) is 5.04. The van der Waals surface area contributed by atoms with Crippen LogP contribution in [0.2, 0.25) is 5.02 Å². The van der Waals surface area contributed by atoms with Gasteiger partial charge >= 0.3 is 0 Å². The first kappa shape index (κ1) is 22.0. The molecule has 2 aliphatic rings. The van der Waals surface area contributed by atoms with Crippen molar-refractivity contribution >= 4 is 43.5 Å². The van der Waals surface area contributed by atoms with Crippen molar-refractivity contribution in [2.24, 2.45) is 5.92 Å². The molecular formula is C19H27BrClN3O3S. The molecule has 2 fully saturated rings. The number of hydrogen-bond donors (Lipinski definition) is 1. The number of sulfonamides is 1. The number of benzene rings is 1. The molecule has 0 unspecified atom stereocenters. The smallest absolute Gasteiger partial charge is 0.244 e. The molecule has 0 radical (unpaired) electrons. The second kappa shape index (κ2) is 9.43. The van der Waals surface area contributed by atoms with Crippen LogP contribution in [0.1, 0.15) is 32.6 Å². The molecule has 1 N–H and O–H groups in total. The summed E-state index contributed by atoms with van der Waals surface area (Å²) in [6.45, 7) is 4.27. The Labute approximate surface area is 180 Å².